The molecule has 1 fully saturated rings. The summed E-state index contributed by atoms with van der Waals surface area (Å²) >= 11 is 0. The van der Waals surface area contributed by atoms with Crippen molar-refractivity contribution in [2.75, 3.05) is 33.9 Å². The van der Waals surface area contributed by atoms with E-state index < -0.39 is 0 Å². The van der Waals surface area contributed by atoms with Crippen molar-refractivity contribution in [3.63, 3.8) is 0 Å². The first kappa shape index (κ1) is 16.1. The van der Waals surface area contributed by atoms with Crippen molar-refractivity contribution in [3.8, 4) is 11.5 Å². The minimum Gasteiger partial charge on any atom is -0.497 e. The average Bonchev–Trinajstić information content (AvgIpc) is 2.99. The molecule has 0 spiro atoms. The van der Waals surface area contributed by atoms with Gasteiger partial charge in [0.05, 0.1) is 14.2 Å². The Kier molecular flexibility index (Phi) is 5.88. The molecule has 2 atom stereocenters. The number of hydrogen-bond donors (Lipinski definition) is 1. The second-order valence-electron chi connectivity index (χ2n) is 5.66. The van der Waals surface area contributed by atoms with E-state index in [4.69, 9.17) is 9.47 Å². The topological polar surface area (TPSA) is 33.7 Å². The van der Waals surface area contributed by atoms with Gasteiger partial charge in [-0.15, -0.1) is 0 Å². The van der Waals surface area contributed by atoms with Crippen LogP contribution >= 0.6 is 0 Å². The summed E-state index contributed by atoms with van der Waals surface area (Å²) in [7, 11) is 3.41. The third kappa shape index (κ3) is 3.89. The lowest BCUT2D eigenvalue weighted by Gasteiger charge is -2.25. The van der Waals surface area contributed by atoms with Gasteiger partial charge in [0, 0.05) is 24.2 Å². The molecule has 1 heterocycles. The summed E-state index contributed by atoms with van der Waals surface area (Å²) in [5, 5.41) is 3.65. The molecule has 1 saturated heterocycles. The van der Waals surface area contributed by atoms with Gasteiger partial charge >= 0.3 is 0 Å². The van der Waals surface area contributed by atoms with Crippen LogP contribution in [0.3, 0.4) is 0 Å². The summed E-state index contributed by atoms with van der Waals surface area (Å²) < 4.78 is 10.8. The van der Waals surface area contributed by atoms with Crippen LogP contribution in [0.5, 0.6) is 11.5 Å². The van der Waals surface area contributed by atoms with Crippen molar-refractivity contribution < 1.29 is 9.47 Å². The maximum Gasteiger partial charge on any atom is 0.123 e. The van der Waals surface area contributed by atoms with E-state index in [1.54, 1.807) is 14.2 Å². The summed E-state index contributed by atoms with van der Waals surface area (Å²) in [6, 6.07) is 6.87. The van der Waals surface area contributed by atoms with Crippen LogP contribution in [0.4, 0.5) is 0 Å². The van der Waals surface area contributed by atoms with E-state index in [0.717, 1.165) is 30.2 Å². The zero-order chi connectivity index (χ0) is 15.2. The maximum atomic E-state index is 5.47. The molecule has 0 aromatic heterocycles. The molecular weight excluding hydrogens is 264 g/mol. The molecule has 0 radical (unpaired) electrons. The predicted molar refractivity (Wildman–Crippen MR) is 86.2 cm³/mol. The number of rotatable bonds is 7. The number of nitrogens with one attached hydrogen (secondary N) is 1. The molecular formula is C17H28N2O2. The van der Waals surface area contributed by atoms with Gasteiger partial charge < -0.3 is 14.8 Å². The van der Waals surface area contributed by atoms with Gasteiger partial charge in [-0.05, 0) is 51.1 Å². The second kappa shape index (κ2) is 7.66. The average molecular weight is 292 g/mol. The molecule has 118 valence electrons. The van der Waals surface area contributed by atoms with Gasteiger partial charge in [0.1, 0.15) is 11.5 Å². The van der Waals surface area contributed by atoms with E-state index in [2.05, 4.69) is 30.1 Å². The zero-order valence-corrected chi connectivity index (χ0v) is 13.7. The van der Waals surface area contributed by atoms with Gasteiger partial charge in [-0.1, -0.05) is 6.92 Å². The molecule has 0 amide bonds. The van der Waals surface area contributed by atoms with Crippen LogP contribution in [0.15, 0.2) is 18.2 Å². The van der Waals surface area contributed by atoms with Crippen LogP contribution in [0, 0.1) is 0 Å². The minimum absolute atomic E-state index is 0.245. The molecule has 1 aliphatic heterocycles. The highest BCUT2D eigenvalue weighted by Crippen LogP contribution is 2.29. The Morgan fingerprint density at radius 2 is 2.14 bits per heavy atom. The second-order valence-corrected chi connectivity index (χ2v) is 5.66. The lowest BCUT2D eigenvalue weighted by atomic mass is 10.1. The highest BCUT2D eigenvalue weighted by atomic mass is 16.5. The standard InChI is InChI=1S/C17H28N2O2/c1-5-19-10-6-7-14(19)12-18-13(2)16-11-15(20-3)8-9-17(16)21-4/h8-9,11,13-14,18H,5-7,10,12H2,1-4H3. The van der Waals surface area contributed by atoms with Crippen LogP contribution in [0.25, 0.3) is 0 Å². The number of likely N-dealkylation sites (tertiary alicyclic amines) is 1. The van der Waals surface area contributed by atoms with Crippen molar-refractivity contribution >= 4 is 0 Å². The van der Waals surface area contributed by atoms with E-state index >= 15 is 0 Å². The Bertz CT molecular complexity index is 450. The summed E-state index contributed by atoms with van der Waals surface area (Å²) in [6.07, 6.45) is 2.61. The minimum atomic E-state index is 0.245. The molecule has 21 heavy (non-hydrogen) atoms. The molecule has 1 aliphatic rings. The Balaban J connectivity index is 2.00. The molecule has 1 N–H and O–H groups in total. The molecule has 0 saturated carbocycles. The van der Waals surface area contributed by atoms with Gasteiger partial charge in [-0.25, -0.2) is 0 Å². The van der Waals surface area contributed by atoms with Crippen molar-refractivity contribution in [2.24, 2.45) is 0 Å². The molecule has 4 nitrogen and oxygen atoms in total. The summed E-state index contributed by atoms with van der Waals surface area (Å²) in [4.78, 5) is 2.56. The number of hydrogen-bond acceptors (Lipinski definition) is 4. The quantitative estimate of drug-likeness (QED) is 0.838. The third-order valence-electron chi connectivity index (χ3n) is 4.47. The largest absolute Gasteiger partial charge is 0.497 e. The lowest BCUT2D eigenvalue weighted by Crippen LogP contribution is -2.38. The van der Waals surface area contributed by atoms with E-state index in [1.165, 1.54) is 19.4 Å². The molecule has 4 heteroatoms. The van der Waals surface area contributed by atoms with Crippen LogP contribution in [0.2, 0.25) is 0 Å². The Labute approximate surface area is 128 Å². The number of ether oxygens (including phenoxy) is 2. The first-order valence-corrected chi connectivity index (χ1v) is 7.89. The van der Waals surface area contributed by atoms with E-state index in [1.807, 2.05) is 12.1 Å². The van der Waals surface area contributed by atoms with E-state index in [0.29, 0.717) is 6.04 Å². The summed E-state index contributed by atoms with van der Waals surface area (Å²) in [6.45, 7) is 7.83. The van der Waals surface area contributed by atoms with Crippen LogP contribution in [-0.2, 0) is 0 Å². The normalized spacial score (nSPS) is 20.5. The Morgan fingerprint density at radius 1 is 1.33 bits per heavy atom. The van der Waals surface area contributed by atoms with Crippen molar-refractivity contribution in [1.82, 2.24) is 10.2 Å². The van der Waals surface area contributed by atoms with E-state index in [-0.39, 0.29) is 6.04 Å². The first-order chi connectivity index (χ1) is 10.2. The fourth-order valence-electron chi connectivity index (χ4n) is 3.14. The predicted octanol–water partition coefficient (Wildman–Crippen LogP) is 2.84. The van der Waals surface area contributed by atoms with Crippen molar-refractivity contribution in [1.29, 1.82) is 0 Å². The first-order valence-electron chi connectivity index (χ1n) is 7.89. The molecule has 0 bridgehead atoms. The number of likely N-dealkylation sites (N-methyl/N-ethyl adjacent to an activating group) is 1. The lowest BCUT2D eigenvalue weighted by molar-refractivity contribution is 0.254. The third-order valence-corrected chi connectivity index (χ3v) is 4.47. The number of methoxy groups -OCH3 is 2. The zero-order valence-electron chi connectivity index (χ0n) is 13.7. The summed E-state index contributed by atoms with van der Waals surface area (Å²) in [5.74, 6) is 1.78. The Hall–Kier alpha value is -1.26. The van der Waals surface area contributed by atoms with Gasteiger partial charge in [0.2, 0.25) is 0 Å². The van der Waals surface area contributed by atoms with Gasteiger partial charge in [-0.3, -0.25) is 4.90 Å². The fourth-order valence-corrected chi connectivity index (χ4v) is 3.14. The molecule has 2 unspecified atom stereocenters. The van der Waals surface area contributed by atoms with Crippen molar-refractivity contribution in [3.05, 3.63) is 23.8 Å². The van der Waals surface area contributed by atoms with Crippen LogP contribution in [-0.4, -0.2) is 44.8 Å². The number of nitrogens with zero attached hydrogens (tertiary/aromatic N) is 1. The van der Waals surface area contributed by atoms with Crippen LogP contribution in [0.1, 0.15) is 38.3 Å². The molecule has 2 rings (SSSR count). The van der Waals surface area contributed by atoms with Gasteiger partial charge in [0.15, 0.2) is 0 Å². The Morgan fingerprint density at radius 3 is 2.81 bits per heavy atom. The van der Waals surface area contributed by atoms with Crippen molar-refractivity contribution in [2.45, 2.75) is 38.8 Å². The SMILES string of the molecule is CCN1CCCC1CNC(C)c1cc(OC)ccc1OC. The molecule has 1 aromatic rings. The van der Waals surface area contributed by atoms with E-state index in [9.17, 15) is 0 Å². The smallest absolute Gasteiger partial charge is 0.123 e. The highest BCUT2D eigenvalue weighted by Gasteiger charge is 2.23. The monoisotopic (exact) mass is 292 g/mol. The molecule has 1 aromatic carbocycles. The van der Waals surface area contributed by atoms with Gasteiger partial charge in [0.25, 0.3) is 0 Å². The molecule has 0 aliphatic carbocycles. The van der Waals surface area contributed by atoms with Gasteiger partial charge in [-0.2, -0.15) is 0 Å². The number of benzene rings is 1. The van der Waals surface area contributed by atoms with Crippen LogP contribution < -0.4 is 14.8 Å². The summed E-state index contributed by atoms with van der Waals surface area (Å²) in [5.41, 5.74) is 1.15. The maximum absolute atomic E-state index is 5.47. The highest BCUT2D eigenvalue weighted by molar-refractivity contribution is 5.42. The fraction of sp³-hybridized carbons (Fsp3) is 0.647.